The highest BCUT2D eigenvalue weighted by molar-refractivity contribution is 5.66. The molecule has 11 heteroatoms. The van der Waals surface area contributed by atoms with Crippen molar-refractivity contribution < 1.29 is 48.3 Å². The van der Waals surface area contributed by atoms with Crippen molar-refractivity contribution in [3.63, 3.8) is 0 Å². The van der Waals surface area contributed by atoms with E-state index in [0.717, 1.165) is 56.2 Å². The first-order chi connectivity index (χ1) is 21.3. The molecule has 1 heterocycles. The van der Waals surface area contributed by atoms with Gasteiger partial charge in [0.2, 0.25) is 0 Å². The summed E-state index contributed by atoms with van der Waals surface area (Å²) in [4.78, 5) is 41.2. The number of carbonyl (C=O) groups excluding carboxylic acids is 2. The molecule has 244 valence electrons. The van der Waals surface area contributed by atoms with Crippen LogP contribution in [-0.2, 0) is 46.2 Å². The lowest BCUT2D eigenvalue weighted by Gasteiger charge is -2.36. The lowest BCUT2D eigenvalue weighted by Crippen LogP contribution is -2.37. The summed E-state index contributed by atoms with van der Waals surface area (Å²) < 4.78 is 23.5. The molecule has 2 aliphatic rings. The number of aliphatic carboxylic acids is 2. The first-order valence-electron chi connectivity index (χ1n) is 15.0. The van der Waals surface area contributed by atoms with Gasteiger partial charge in [-0.2, -0.15) is 5.26 Å². The second kappa shape index (κ2) is 18.4. The van der Waals surface area contributed by atoms with Crippen LogP contribution in [0.15, 0.2) is 36.4 Å². The molecule has 11 nitrogen and oxygen atoms in total. The van der Waals surface area contributed by atoms with E-state index in [9.17, 15) is 14.9 Å². The number of nitrogens with zero attached hydrogens (tertiary/aromatic N) is 1. The Balaban J connectivity index is 0.000000789. The lowest BCUT2D eigenvalue weighted by atomic mass is 9.90. The molecule has 0 bridgehead atoms. The molecule has 1 aliphatic carbocycles. The van der Waals surface area contributed by atoms with E-state index in [4.69, 9.17) is 38.7 Å². The van der Waals surface area contributed by atoms with E-state index in [0.29, 0.717) is 30.6 Å². The van der Waals surface area contributed by atoms with Gasteiger partial charge in [0.15, 0.2) is 0 Å². The van der Waals surface area contributed by atoms with Gasteiger partial charge in [-0.25, -0.2) is 0 Å². The molecule has 1 aliphatic heterocycles. The monoisotopic (exact) mass is 625 g/mol. The smallest absolute Gasteiger partial charge is 0.302 e. The Kier molecular flexibility index (Phi) is 15.0. The summed E-state index contributed by atoms with van der Waals surface area (Å²) in [5.41, 5.74) is 4.66. The topological polar surface area (TPSA) is 169 Å². The molecule has 1 saturated heterocycles. The molecule has 45 heavy (non-hydrogen) atoms. The Bertz CT molecular complexity index is 1320. The molecule has 4 rings (SSSR count). The van der Waals surface area contributed by atoms with E-state index in [1.807, 2.05) is 12.1 Å². The zero-order chi connectivity index (χ0) is 33.5. The van der Waals surface area contributed by atoms with Crippen molar-refractivity contribution in [1.82, 2.24) is 0 Å². The minimum Gasteiger partial charge on any atom is -0.490 e. The number of esters is 2. The molecule has 2 aromatic rings. The normalized spacial score (nSPS) is 18.7. The van der Waals surface area contributed by atoms with Gasteiger partial charge in [-0.1, -0.05) is 31.2 Å². The van der Waals surface area contributed by atoms with Crippen LogP contribution in [0.5, 0.6) is 5.75 Å². The molecular weight excluding hydrogens is 582 g/mol. The van der Waals surface area contributed by atoms with E-state index in [-0.39, 0.29) is 24.8 Å². The third-order valence-electron chi connectivity index (χ3n) is 7.04. The molecule has 0 radical (unpaired) electrons. The number of carboxylic acids is 2. The third kappa shape index (κ3) is 13.4. The molecule has 1 saturated carbocycles. The second-order valence-corrected chi connectivity index (χ2v) is 11.0. The number of nitriles is 1. The molecule has 0 aromatic heterocycles. The predicted molar refractivity (Wildman–Crippen MR) is 164 cm³/mol. The SMILES string of the molecule is CC(=O)O.CC(=O)O.CCc1ccc(Cc2cc(C3CC(OC(C)=O)CC(COC(C)=O)O3)c(OC3CCC3)cc2C#N)cc1. The van der Waals surface area contributed by atoms with E-state index >= 15 is 0 Å². The highest BCUT2D eigenvalue weighted by Gasteiger charge is 2.35. The van der Waals surface area contributed by atoms with Gasteiger partial charge < -0.3 is 29.2 Å². The van der Waals surface area contributed by atoms with Crippen molar-refractivity contribution in [2.75, 3.05) is 6.61 Å². The number of carboxylic acid groups (broad SMARTS) is 2. The Labute approximate surface area is 264 Å². The van der Waals surface area contributed by atoms with Gasteiger partial charge in [0.1, 0.15) is 18.5 Å². The fourth-order valence-electron chi connectivity index (χ4n) is 4.85. The van der Waals surface area contributed by atoms with Gasteiger partial charge in [-0.05, 0) is 60.9 Å². The molecule has 3 unspecified atom stereocenters. The fourth-order valence-corrected chi connectivity index (χ4v) is 4.85. The van der Waals surface area contributed by atoms with Gasteiger partial charge in [-0.3, -0.25) is 19.2 Å². The number of hydrogen-bond acceptors (Lipinski definition) is 9. The van der Waals surface area contributed by atoms with Crippen LogP contribution in [-0.4, -0.2) is 59.0 Å². The minimum atomic E-state index is -0.833. The van der Waals surface area contributed by atoms with Crippen LogP contribution in [0.4, 0.5) is 0 Å². The van der Waals surface area contributed by atoms with Crippen molar-refractivity contribution in [1.29, 1.82) is 5.26 Å². The highest BCUT2D eigenvalue weighted by atomic mass is 16.6. The van der Waals surface area contributed by atoms with Crippen molar-refractivity contribution in [3.8, 4) is 11.8 Å². The molecule has 2 fully saturated rings. The Morgan fingerprint density at radius 3 is 2.00 bits per heavy atom. The molecule has 0 amide bonds. The Hall–Kier alpha value is -4.43. The summed E-state index contributed by atoms with van der Waals surface area (Å²) in [5.74, 6) is -1.79. The predicted octanol–water partition coefficient (Wildman–Crippen LogP) is 5.54. The molecular formula is C34H43NO10. The van der Waals surface area contributed by atoms with E-state index in [1.54, 1.807) is 0 Å². The fraction of sp³-hybridized carbons (Fsp3) is 0.500. The quantitative estimate of drug-likeness (QED) is 0.336. The Morgan fingerprint density at radius 2 is 1.51 bits per heavy atom. The standard InChI is InChI=1S/C30H35NO6.2C2H4O2/c1-4-21-8-10-22(11-9-21)12-23-13-28(29(14-24(23)17-31)36-25-6-5-7-25)30-16-26(35-20(3)33)15-27(37-30)18-34-19(2)32;2*1-2(3)4/h8-11,13-14,25-27,30H,4-7,12,15-16,18H2,1-3H3;2*1H3,(H,3,4). The van der Waals surface area contributed by atoms with Crippen molar-refractivity contribution in [2.45, 2.75) is 104 Å². The molecule has 0 spiro atoms. The zero-order valence-corrected chi connectivity index (χ0v) is 26.5. The maximum absolute atomic E-state index is 11.8. The van der Waals surface area contributed by atoms with Gasteiger partial charge in [0.05, 0.1) is 29.9 Å². The van der Waals surface area contributed by atoms with Crippen LogP contribution in [0.25, 0.3) is 0 Å². The summed E-state index contributed by atoms with van der Waals surface area (Å²) in [6.45, 7) is 7.11. The maximum Gasteiger partial charge on any atom is 0.302 e. The number of hydrogen-bond donors (Lipinski definition) is 2. The summed E-state index contributed by atoms with van der Waals surface area (Å²) in [6, 6.07) is 14.6. The first-order valence-corrected chi connectivity index (χ1v) is 15.0. The van der Waals surface area contributed by atoms with Crippen LogP contribution in [0.3, 0.4) is 0 Å². The third-order valence-corrected chi connectivity index (χ3v) is 7.04. The number of carbonyl (C=O) groups is 4. The average molecular weight is 626 g/mol. The van der Waals surface area contributed by atoms with Gasteiger partial charge in [-0.15, -0.1) is 0 Å². The van der Waals surface area contributed by atoms with Crippen LogP contribution in [0.1, 0.15) is 101 Å². The first kappa shape index (κ1) is 36.8. The number of rotatable bonds is 9. The van der Waals surface area contributed by atoms with E-state index in [2.05, 4.69) is 37.3 Å². The molecule has 2 aromatic carbocycles. The largest absolute Gasteiger partial charge is 0.490 e. The molecule has 3 atom stereocenters. The number of aryl methyl sites for hydroxylation is 1. The van der Waals surface area contributed by atoms with Crippen LogP contribution >= 0.6 is 0 Å². The van der Waals surface area contributed by atoms with Gasteiger partial charge in [0, 0.05) is 46.1 Å². The van der Waals surface area contributed by atoms with Gasteiger partial charge in [0.25, 0.3) is 11.9 Å². The maximum atomic E-state index is 11.8. The van der Waals surface area contributed by atoms with Crippen LogP contribution < -0.4 is 4.74 Å². The van der Waals surface area contributed by atoms with Crippen LogP contribution in [0, 0.1) is 11.3 Å². The lowest BCUT2D eigenvalue weighted by molar-refractivity contribution is -0.169. The van der Waals surface area contributed by atoms with Crippen molar-refractivity contribution >= 4 is 23.9 Å². The van der Waals surface area contributed by atoms with E-state index < -0.39 is 30.1 Å². The van der Waals surface area contributed by atoms with Crippen molar-refractivity contribution in [3.05, 3.63) is 64.2 Å². The van der Waals surface area contributed by atoms with E-state index in [1.165, 1.54) is 19.4 Å². The number of ether oxygens (including phenoxy) is 4. The second-order valence-electron chi connectivity index (χ2n) is 11.0. The summed E-state index contributed by atoms with van der Waals surface area (Å²) in [6.07, 6.45) is 4.40. The Morgan fingerprint density at radius 1 is 0.911 bits per heavy atom. The average Bonchev–Trinajstić information content (AvgIpc) is 2.93. The van der Waals surface area contributed by atoms with Crippen LogP contribution in [0.2, 0.25) is 0 Å². The van der Waals surface area contributed by atoms with Crippen molar-refractivity contribution in [2.24, 2.45) is 0 Å². The zero-order valence-electron chi connectivity index (χ0n) is 26.5. The summed E-state index contributed by atoms with van der Waals surface area (Å²) >= 11 is 0. The van der Waals surface area contributed by atoms with Gasteiger partial charge >= 0.3 is 11.9 Å². The highest BCUT2D eigenvalue weighted by Crippen LogP contribution is 2.41. The molecule has 2 N–H and O–H groups in total. The number of benzene rings is 2. The minimum absolute atomic E-state index is 0.0787. The summed E-state index contributed by atoms with van der Waals surface area (Å²) in [7, 11) is 0. The summed E-state index contributed by atoms with van der Waals surface area (Å²) in [5, 5.41) is 24.8.